The van der Waals surface area contributed by atoms with Gasteiger partial charge in [0.15, 0.2) is 11.2 Å². The minimum atomic E-state index is -0.600. The van der Waals surface area contributed by atoms with Crippen molar-refractivity contribution < 1.29 is 14.3 Å². The van der Waals surface area contributed by atoms with Crippen molar-refractivity contribution in [3.05, 3.63) is 35.8 Å². The number of hydrogen-bond acceptors (Lipinski definition) is 5. The van der Waals surface area contributed by atoms with Gasteiger partial charge in [0.05, 0.1) is 7.11 Å². The number of hydrogen-bond donors (Lipinski definition) is 1. The van der Waals surface area contributed by atoms with Crippen LogP contribution in [0.15, 0.2) is 35.8 Å². The molecule has 0 fully saturated rings. The van der Waals surface area contributed by atoms with Crippen LogP contribution in [0.25, 0.3) is 0 Å². The maximum Gasteiger partial charge on any atom is 0.266 e. The van der Waals surface area contributed by atoms with Gasteiger partial charge in [0.25, 0.3) is 5.91 Å². The molecule has 1 heterocycles. The first kappa shape index (κ1) is 13.4. The van der Waals surface area contributed by atoms with Crippen molar-refractivity contribution in [1.82, 2.24) is 4.98 Å². The van der Waals surface area contributed by atoms with E-state index in [-0.39, 0.29) is 5.91 Å². The van der Waals surface area contributed by atoms with Crippen molar-refractivity contribution >= 4 is 22.4 Å². The first-order valence-corrected chi connectivity index (χ1v) is 6.58. The Morgan fingerprint density at radius 1 is 1.32 bits per heavy atom. The molecule has 6 heteroatoms. The first-order chi connectivity index (χ1) is 9.19. The smallest absolute Gasteiger partial charge is 0.266 e. The number of ether oxygens (including phenoxy) is 2. The molecule has 5 nitrogen and oxygen atoms in total. The van der Waals surface area contributed by atoms with E-state index in [9.17, 15) is 4.79 Å². The molecule has 1 aromatic carbocycles. The minimum Gasteiger partial charge on any atom is -0.497 e. The van der Waals surface area contributed by atoms with Crippen molar-refractivity contribution in [2.24, 2.45) is 0 Å². The molecule has 2 aromatic rings. The average molecular weight is 278 g/mol. The third-order valence-electron chi connectivity index (χ3n) is 2.40. The van der Waals surface area contributed by atoms with E-state index < -0.39 is 6.10 Å². The molecule has 0 bridgehead atoms. The Bertz CT molecular complexity index is 525. The predicted octanol–water partition coefficient (Wildman–Crippen LogP) is 2.56. The van der Waals surface area contributed by atoms with Crippen LogP contribution in [0, 0.1) is 0 Å². The van der Waals surface area contributed by atoms with Gasteiger partial charge in [-0.05, 0) is 31.2 Å². The monoisotopic (exact) mass is 278 g/mol. The number of benzene rings is 1. The maximum absolute atomic E-state index is 11.8. The molecular weight excluding hydrogens is 264 g/mol. The van der Waals surface area contributed by atoms with Gasteiger partial charge >= 0.3 is 0 Å². The molecule has 1 atom stereocenters. The van der Waals surface area contributed by atoms with E-state index in [0.717, 1.165) is 5.75 Å². The normalized spacial score (nSPS) is 11.7. The van der Waals surface area contributed by atoms with Crippen molar-refractivity contribution in [2.45, 2.75) is 13.0 Å². The molecular formula is C13H14N2O3S. The van der Waals surface area contributed by atoms with Crippen LogP contribution in [0.2, 0.25) is 0 Å². The van der Waals surface area contributed by atoms with Crippen molar-refractivity contribution in [3.8, 4) is 11.5 Å². The molecule has 0 unspecified atom stereocenters. The zero-order valence-corrected chi connectivity index (χ0v) is 11.4. The molecule has 1 aromatic heterocycles. The molecule has 1 amide bonds. The van der Waals surface area contributed by atoms with Gasteiger partial charge in [0.2, 0.25) is 0 Å². The lowest BCUT2D eigenvalue weighted by Crippen LogP contribution is -2.30. The minimum absolute atomic E-state index is 0.231. The Labute approximate surface area is 115 Å². The summed E-state index contributed by atoms with van der Waals surface area (Å²) in [6, 6.07) is 7.07. The Kier molecular flexibility index (Phi) is 4.35. The molecule has 0 saturated heterocycles. The lowest BCUT2D eigenvalue weighted by molar-refractivity contribution is -0.122. The average Bonchev–Trinajstić information content (AvgIpc) is 2.92. The molecule has 0 saturated carbocycles. The first-order valence-electron chi connectivity index (χ1n) is 5.70. The lowest BCUT2D eigenvalue weighted by atomic mass is 10.3. The number of rotatable bonds is 5. The van der Waals surface area contributed by atoms with E-state index in [1.165, 1.54) is 11.3 Å². The highest BCUT2D eigenvalue weighted by Gasteiger charge is 2.15. The second-order valence-corrected chi connectivity index (χ2v) is 4.66. The van der Waals surface area contributed by atoms with Crippen LogP contribution in [0.5, 0.6) is 11.5 Å². The fraction of sp³-hybridized carbons (Fsp3) is 0.231. The standard InChI is InChI=1S/C13H14N2O3S/c1-9(12(16)15-13-14-7-8-19-13)18-11-5-3-10(17-2)4-6-11/h3-9H,1-2H3,(H,14,15,16)/t9-/m0/s1. The van der Waals surface area contributed by atoms with Crippen LogP contribution in [0.3, 0.4) is 0 Å². The van der Waals surface area contributed by atoms with E-state index in [1.807, 2.05) is 0 Å². The highest BCUT2D eigenvalue weighted by atomic mass is 32.1. The third-order valence-corrected chi connectivity index (χ3v) is 3.09. The van der Waals surface area contributed by atoms with E-state index in [0.29, 0.717) is 10.9 Å². The fourth-order valence-electron chi connectivity index (χ4n) is 1.40. The summed E-state index contributed by atoms with van der Waals surface area (Å²) in [5.41, 5.74) is 0. The largest absolute Gasteiger partial charge is 0.497 e. The molecule has 0 aliphatic rings. The van der Waals surface area contributed by atoms with Gasteiger partial charge in [-0.2, -0.15) is 0 Å². The molecule has 0 spiro atoms. The lowest BCUT2D eigenvalue weighted by Gasteiger charge is -2.13. The zero-order valence-electron chi connectivity index (χ0n) is 10.6. The van der Waals surface area contributed by atoms with Gasteiger partial charge in [-0.15, -0.1) is 11.3 Å². The van der Waals surface area contributed by atoms with Gasteiger partial charge in [-0.1, -0.05) is 0 Å². The number of anilines is 1. The molecule has 0 radical (unpaired) electrons. The molecule has 100 valence electrons. The maximum atomic E-state index is 11.8. The summed E-state index contributed by atoms with van der Waals surface area (Å²) >= 11 is 1.36. The van der Waals surface area contributed by atoms with Gasteiger partial charge in [-0.25, -0.2) is 4.98 Å². The van der Waals surface area contributed by atoms with Crippen molar-refractivity contribution in [2.75, 3.05) is 12.4 Å². The summed E-state index contributed by atoms with van der Waals surface area (Å²) in [5, 5.41) is 5.04. The third kappa shape index (κ3) is 3.69. The Hall–Kier alpha value is -2.08. The summed E-state index contributed by atoms with van der Waals surface area (Å²) in [5.74, 6) is 1.13. The zero-order chi connectivity index (χ0) is 13.7. The van der Waals surface area contributed by atoms with Gasteiger partial charge < -0.3 is 9.47 Å². The number of nitrogens with zero attached hydrogens (tertiary/aromatic N) is 1. The highest BCUT2D eigenvalue weighted by molar-refractivity contribution is 7.13. The molecule has 0 aliphatic heterocycles. The van der Waals surface area contributed by atoms with Gasteiger partial charge in [0, 0.05) is 11.6 Å². The Balaban J connectivity index is 1.92. The summed E-state index contributed by atoms with van der Waals surface area (Å²) in [7, 11) is 1.60. The highest BCUT2D eigenvalue weighted by Crippen LogP contribution is 2.18. The van der Waals surface area contributed by atoms with Gasteiger partial charge in [0.1, 0.15) is 11.5 Å². The summed E-state index contributed by atoms with van der Waals surface area (Å²) in [6.07, 6.45) is 1.03. The second-order valence-electron chi connectivity index (χ2n) is 3.76. The van der Waals surface area contributed by atoms with Crippen LogP contribution < -0.4 is 14.8 Å². The topological polar surface area (TPSA) is 60.5 Å². The summed E-state index contributed by atoms with van der Waals surface area (Å²) in [4.78, 5) is 15.8. The van der Waals surface area contributed by atoms with Crippen LogP contribution in [-0.2, 0) is 4.79 Å². The molecule has 0 aliphatic carbocycles. The quantitative estimate of drug-likeness (QED) is 0.913. The number of carbonyl (C=O) groups excluding carboxylic acids is 1. The van der Waals surface area contributed by atoms with E-state index in [1.54, 1.807) is 49.9 Å². The van der Waals surface area contributed by atoms with Crippen molar-refractivity contribution in [3.63, 3.8) is 0 Å². The SMILES string of the molecule is COc1ccc(O[C@@H](C)C(=O)Nc2nccs2)cc1. The van der Waals surface area contributed by atoms with Crippen LogP contribution in [0.1, 0.15) is 6.92 Å². The van der Waals surface area contributed by atoms with Crippen LogP contribution >= 0.6 is 11.3 Å². The number of methoxy groups -OCH3 is 1. The van der Waals surface area contributed by atoms with Gasteiger partial charge in [-0.3, -0.25) is 10.1 Å². The van der Waals surface area contributed by atoms with E-state index in [4.69, 9.17) is 9.47 Å². The summed E-state index contributed by atoms with van der Waals surface area (Å²) < 4.78 is 10.6. The number of carbonyl (C=O) groups is 1. The van der Waals surface area contributed by atoms with Crippen LogP contribution in [-0.4, -0.2) is 24.1 Å². The van der Waals surface area contributed by atoms with E-state index >= 15 is 0 Å². The molecule has 2 rings (SSSR count). The van der Waals surface area contributed by atoms with Crippen LogP contribution in [0.4, 0.5) is 5.13 Å². The second kappa shape index (κ2) is 6.19. The van der Waals surface area contributed by atoms with E-state index in [2.05, 4.69) is 10.3 Å². The predicted molar refractivity (Wildman–Crippen MR) is 73.8 cm³/mol. The summed E-state index contributed by atoms with van der Waals surface area (Å²) in [6.45, 7) is 1.69. The number of aromatic nitrogens is 1. The molecule has 19 heavy (non-hydrogen) atoms. The number of thiazole rings is 1. The Morgan fingerprint density at radius 3 is 2.58 bits per heavy atom. The molecule has 1 N–H and O–H groups in total. The fourth-order valence-corrected chi connectivity index (χ4v) is 1.94. The number of nitrogens with one attached hydrogen (secondary N) is 1. The number of amides is 1. The van der Waals surface area contributed by atoms with Crippen molar-refractivity contribution in [1.29, 1.82) is 0 Å². The Morgan fingerprint density at radius 2 is 2.00 bits per heavy atom.